The summed E-state index contributed by atoms with van der Waals surface area (Å²) in [4.78, 5) is 16.2. The Labute approximate surface area is 121 Å². The minimum absolute atomic E-state index is 0.0118. The van der Waals surface area contributed by atoms with Crippen molar-refractivity contribution in [3.8, 4) is 17.4 Å². The van der Waals surface area contributed by atoms with E-state index < -0.39 is 0 Å². The first kappa shape index (κ1) is 13.2. The number of aromatic nitrogens is 2. The molecule has 2 heterocycles. The van der Waals surface area contributed by atoms with Crippen molar-refractivity contribution in [1.82, 2.24) is 9.55 Å². The van der Waals surface area contributed by atoms with E-state index in [0.717, 1.165) is 11.2 Å². The van der Waals surface area contributed by atoms with Crippen molar-refractivity contribution in [3.63, 3.8) is 0 Å². The minimum atomic E-state index is -0.0118. The van der Waals surface area contributed by atoms with Gasteiger partial charge in [-0.2, -0.15) is 4.98 Å². The summed E-state index contributed by atoms with van der Waals surface area (Å²) in [5, 5.41) is 0.651. The second kappa shape index (κ2) is 5.28. The number of methoxy groups -OCH3 is 2. The van der Waals surface area contributed by atoms with Gasteiger partial charge in [-0.3, -0.25) is 4.79 Å². The van der Waals surface area contributed by atoms with Gasteiger partial charge in [-0.1, -0.05) is 12.1 Å². The third-order valence-electron chi connectivity index (χ3n) is 3.28. The summed E-state index contributed by atoms with van der Waals surface area (Å²) >= 11 is 0. The Hall–Kier alpha value is -2.82. The standard InChI is InChI=1S/C16H14N2O3/c1-20-15-8-7-13(16(17-15)21-2)18-10-9-14(19)11-5-3-4-6-12(11)18/h3-10H,1-2H3. The molecule has 3 rings (SSSR count). The van der Waals surface area contributed by atoms with E-state index in [9.17, 15) is 4.79 Å². The Morgan fingerprint density at radius 3 is 2.57 bits per heavy atom. The van der Waals surface area contributed by atoms with Crippen LogP contribution in [-0.2, 0) is 0 Å². The van der Waals surface area contributed by atoms with E-state index in [1.807, 2.05) is 28.8 Å². The van der Waals surface area contributed by atoms with Gasteiger partial charge in [-0.15, -0.1) is 0 Å². The van der Waals surface area contributed by atoms with Gasteiger partial charge < -0.3 is 14.0 Å². The number of fused-ring (bicyclic) bond motifs is 1. The molecule has 2 aromatic heterocycles. The molecular weight excluding hydrogens is 268 g/mol. The molecule has 0 aliphatic carbocycles. The van der Waals surface area contributed by atoms with Crippen LogP contribution in [0.5, 0.6) is 11.8 Å². The molecule has 1 aromatic carbocycles. The average molecular weight is 282 g/mol. The number of hydrogen-bond acceptors (Lipinski definition) is 4. The van der Waals surface area contributed by atoms with Crippen LogP contribution in [0.3, 0.4) is 0 Å². The molecule has 0 aliphatic heterocycles. The molecule has 0 saturated heterocycles. The van der Waals surface area contributed by atoms with Gasteiger partial charge in [0.05, 0.1) is 19.7 Å². The van der Waals surface area contributed by atoms with Crippen molar-refractivity contribution in [2.75, 3.05) is 14.2 Å². The maximum atomic E-state index is 11.9. The maximum Gasteiger partial charge on any atom is 0.241 e. The van der Waals surface area contributed by atoms with E-state index in [2.05, 4.69) is 4.98 Å². The van der Waals surface area contributed by atoms with Crippen LogP contribution in [0.4, 0.5) is 0 Å². The third-order valence-corrected chi connectivity index (χ3v) is 3.28. The maximum absolute atomic E-state index is 11.9. The summed E-state index contributed by atoms with van der Waals surface area (Å²) in [5.41, 5.74) is 1.53. The molecule has 0 N–H and O–H groups in total. The van der Waals surface area contributed by atoms with Gasteiger partial charge in [0, 0.05) is 23.7 Å². The molecule has 0 fully saturated rings. The molecule has 0 aliphatic rings. The van der Waals surface area contributed by atoms with Gasteiger partial charge in [-0.25, -0.2) is 0 Å². The lowest BCUT2D eigenvalue weighted by molar-refractivity contribution is 0.363. The van der Waals surface area contributed by atoms with E-state index in [1.165, 1.54) is 6.07 Å². The van der Waals surface area contributed by atoms with E-state index >= 15 is 0 Å². The van der Waals surface area contributed by atoms with Crippen LogP contribution in [-0.4, -0.2) is 23.8 Å². The Morgan fingerprint density at radius 1 is 1.00 bits per heavy atom. The molecule has 106 valence electrons. The molecule has 21 heavy (non-hydrogen) atoms. The third kappa shape index (κ3) is 2.23. The Bertz CT molecular complexity index is 856. The highest BCUT2D eigenvalue weighted by Gasteiger charge is 2.11. The first-order chi connectivity index (χ1) is 10.2. The van der Waals surface area contributed by atoms with Gasteiger partial charge in [0.1, 0.15) is 5.69 Å². The average Bonchev–Trinajstić information content (AvgIpc) is 2.55. The molecule has 0 unspecified atom stereocenters. The fourth-order valence-corrected chi connectivity index (χ4v) is 2.28. The van der Waals surface area contributed by atoms with Gasteiger partial charge >= 0.3 is 0 Å². The highest BCUT2D eigenvalue weighted by molar-refractivity contribution is 5.80. The molecule has 0 radical (unpaired) electrons. The SMILES string of the molecule is COc1ccc(-n2ccc(=O)c3ccccc32)c(OC)n1. The van der Waals surface area contributed by atoms with Crippen LogP contribution in [0.2, 0.25) is 0 Å². The Kier molecular flexibility index (Phi) is 3.31. The van der Waals surface area contributed by atoms with Gasteiger partial charge in [0.15, 0.2) is 5.43 Å². The Morgan fingerprint density at radius 2 is 1.81 bits per heavy atom. The van der Waals surface area contributed by atoms with Gasteiger partial charge in [0.25, 0.3) is 0 Å². The highest BCUT2D eigenvalue weighted by Crippen LogP contribution is 2.26. The molecule has 0 amide bonds. The second-order valence-corrected chi connectivity index (χ2v) is 4.45. The van der Waals surface area contributed by atoms with Crippen molar-refractivity contribution in [1.29, 1.82) is 0 Å². The molecule has 0 atom stereocenters. The van der Waals surface area contributed by atoms with E-state index in [1.54, 1.807) is 32.5 Å². The molecule has 5 nitrogen and oxygen atoms in total. The van der Waals surface area contributed by atoms with Crippen LogP contribution >= 0.6 is 0 Å². The van der Waals surface area contributed by atoms with E-state index in [0.29, 0.717) is 17.1 Å². The fraction of sp³-hybridized carbons (Fsp3) is 0.125. The van der Waals surface area contributed by atoms with E-state index in [4.69, 9.17) is 9.47 Å². The molecule has 0 bridgehead atoms. The van der Waals surface area contributed by atoms with Gasteiger partial charge in [0.2, 0.25) is 11.8 Å². The van der Waals surface area contributed by atoms with Crippen LogP contribution in [0, 0.1) is 0 Å². The number of nitrogens with zero attached hydrogens (tertiary/aromatic N) is 2. The van der Waals surface area contributed by atoms with Crippen LogP contribution in [0.15, 0.2) is 53.5 Å². The monoisotopic (exact) mass is 282 g/mol. The number of benzene rings is 1. The van der Waals surface area contributed by atoms with Crippen molar-refractivity contribution in [3.05, 3.63) is 58.9 Å². The largest absolute Gasteiger partial charge is 0.481 e. The first-order valence-electron chi connectivity index (χ1n) is 6.44. The highest BCUT2D eigenvalue weighted by atomic mass is 16.5. The summed E-state index contributed by atoms with van der Waals surface area (Å²) in [7, 11) is 3.10. The molecule has 0 saturated carbocycles. The zero-order valence-electron chi connectivity index (χ0n) is 11.7. The summed E-state index contributed by atoms with van der Waals surface area (Å²) in [6, 6.07) is 12.6. The van der Waals surface area contributed by atoms with Crippen molar-refractivity contribution in [2.24, 2.45) is 0 Å². The van der Waals surface area contributed by atoms with Crippen LogP contribution in [0.25, 0.3) is 16.6 Å². The summed E-state index contributed by atoms with van der Waals surface area (Å²) in [6.07, 6.45) is 1.72. The van der Waals surface area contributed by atoms with Crippen molar-refractivity contribution >= 4 is 10.9 Å². The number of ether oxygens (including phenoxy) is 2. The number of rotatable bonds is 3. The minimum Gasteiger partial charge on any atom is -0.481 e. The zero-order valence-corrected chi connectivity index (χ0v) is 11.7. The van der Waals surface area contributed by atoms with Crippen LogP contribution in [0.1, 0.15) is 0 Å². The normalized spacial score (nSPS) is 10.6. The lowest BCUT2D eigenvalue weighted by Crippen LogP contribution is -2.08. The summed E-state index contributed by atoms with van der Waals surface area (Å²) in [6.45, 7) is 0. The van der Waals surface area contributed by atoms with Crippen molar-refractivity contribution < 1.29 is 9.47 Å². The molecular formula is C16H14N2O3. The number of pyridine rings is 2. The molecule has 0 spiro atoms. The predicted molar refractivity (Wildman–Crippen MR) is 80.4 cm³/mol. The zero-order chi connectivity index (χ0) is 14.8. The van der Waals surface area contributed by atoms with Crippen molar-refractivity contribution in [2.45, 2.75) is 0 Å². The quantitative estimate of drug-likeness (QED) is 0.740. The predicted octanol–water partition coefficient (Wildman–Crippen LogP) is 2.40. The van der Waals surface area contributed by atoms with E-state index in [-0.39, 0.29) is 5.43 Å². The lowest BCUT2D eigenvalue weighted by Gasteiger charge is -2.14. The van der Waals surface area contributed by atoms with Gasteiger partial charge in [-0.05, 0) is 18.2 Å². The molecule has 3 aromatic rings. The smallest absolute Gasteiger partial charge is 0.241 e. The fourth-order valence-electron chi connectivity index (χ4n) is 2.28. The summed E-state index contributed by atoms with van der Waals surface area (Å²) in [5.74, 6) is 0.907. The lowest BCUT2D eigenvalue weighted by atomic mass is 10.2. The van der Waals surface area contributed by atoms with Crippen LogP contribution < -0.4 is 14.9 Å². The number of hydrogen-bond donors (Lipinski definition) is 0. The Balaban J connectivity index is 2.31. The first-order valence-corrected chi connectivity index (χ1v) is 6.44. The topological polar surface area (TPSA) is 53.4 Å². The molecule has 5 heteroatoms. The summed E-state index contributed by atoms with van der Waals surface area (Å²) < 4.78 is 12.3. The number of para-hydroxylation sites is 1. The second-order valence-electron chi connectivity index (χ2n) is 4.45.